The van der Waals surface area contributed by atoms with Crippen LogP contribution in [0.3, 0.4) is 0 Å². The second-order valence-corrected chi connectivity index (χ2v) is 12.8. The Morgan fingerprint density at radius 2 is 1.36 bits per heavy atom. The summed E-state index contributed by atoms with van der Waals surface area (Å²) in [5, 5.41) is 11.6. The van der Waals surface area contributed by atoms with E-state index < -0.39 is 65.6 Å². The van der Waals surface area contributed by atoms with Crippen LogP contribution < -0.4 is 4.90 Å². The number of nitrogens with zero attached hydrogens (tertiary/aromatic N) is 6. The molecule has 0 bridgehead atoms. The van der Waals surface area contributed by atoms with Crippen molar-refractivity contribution in [3.63, 3.8) is 0 Å². The van der Waals surface area contributed by atoms with Gasteiger partial charge < -0.3 is 14.5 Å². The summed E-state index contributed by atoms with van der Waals surface area (Å²) in [7, 11) is 2.83. The van der Waals surface area contributed by atoms with E-state index in [1.165, 1.54) is 25.1 Å². The summed E-state index contributed by atoms with van der Waals surface area (Å²) < 4.78 is 129. The summed E-state index contributed by atoms with van der Waals surface area (Å²) in [6, 6.07) is 8.34. The highest BCUT2D eigenvalue weighted by Gasteiger charge is 2.37. The van der Waals surface area contributed by atoms with Crippen LogP contribution in [0.25, 0.3) is 11.1 Å². The molecule has 0 aliphatic rings. The van der Waals surface area contributed by atoms with E-state index in [1.807, 2.05) is 0 Å². The number of ether oxygens (including phenoxy) is 1. The lowest BCUT2D eigenvalue weighted by Gasteiger charge is -2.25. The lowest BCUT2D eigenvalue weighted by Crippen LogP contribution is -2.33. The molecular weight excluding hydrogens is 707 g/mol. The van der Waals surface area contributed by atoms with Crippen LogP contribution in [0.1, 0.15) is 54.2 Å². The minimum absolute atomic E-state index is 0.0157. The second-order valence-electron chi connectivity index (χ2n) is 12.4. The minimum Gasteiger partial charge on any atom is -0.444 e. The molecule has 0 unspecified atom stereocenters. The van der Waals surface area contributed by atoms with Crippen LogP contribution in [0, 0.1) is 0 Å². The zero-order valence-electron chi connectivity index (χ0n) is 27.1. The Labute approximate surface area is 285 Å². The number of amides is 1. The maximum atomic E-state index is 14.0. The van der Waals surface area contributed by atoms with Crippen molar-refractivity contribution < 1.29 is 49.0 Å². The molecule has 0 N–H and O–H groups in total. The fourth-order valence-electron chi connectivity index (χ4n) is 4.85. The topological polar surface area (TPSA) is 76.4 Å². The summed E-state index contributed by atoms with van der Waals surface area (Å²) in [5.74, 6) is -0.291. The van der Waals surface area contributed by atoms with Crippen LogP contribution in [0.15, 0.2) is 54.6 Å². The smallest absolute Gasteiger partial charge is 0.416 e. The van der Waals surface area contributed by atoms with Gasteiger partial charge in [0.05, 0.1) is 23.7 Å². The first kappa shape index (κ1) is 38.3. The molecule has 0 saturated carbocycles. The number of carbonyl (C=O) groups is 1. The summed E-state index contributed by atoms with van der Waals surface area (Å²) >= 11 is 6.53. The summed E-state index contributed by atoms with van der Waals surface area (Å²) in [6.45, 7) is 3.85. The number of benzene rings is 3. The third-order valence-corrected chi connectivity index (χ3v) is 7.37. The minimum atomic E-state index is -5.14. The highest BCUT2D eigenvalue weighted by molar-refractivity contribution is 6.33. The summed E-state index contributed by atoms with van der Waals surface area (Å²) in [5.41, 5.74) is -4.66. The van der Waals surface area contributed by atoms with Gasteiger partial charge in [0.1, 0.15) is 5.60 Å². The lowest BCUT2D eigenvalue weighted by molar-refractivity contribution is -0.143. The van der Waals surface area contributed by atoms with E-state index in [0.29, 0.717) is 17.7 Å². The van der Waals surface area contributed by atoms with Gasteiger partial charge in [-0.1, -0.05) is 28.8 Å². The quantitative estimate of drug-likeness (QED) is 0.168. The average Bonchev–Trinajstić information content (AvgIpc) is 3.41. The van der Waals surface area contributed by atoms with Crippen LogP contribution in [-0.2, 0) is 49.9 Å². The van der Waals surface area contributed by atoms with E-state index in [-0.39, 0.29) is 40.3 Å². The Morgan fingerprint density at radius 3 is 1.88 bits per heavy atom. The lowest BCUT2D eigenvalue weighted by atomic mass is 9.95. The SMILES string of the molecule is CN(Cc1ccc(Cl)c(-c2ccc(C(F)(F)F)cc2CN(Cc2cc(C(F)(F)F)cc(C(F)(F)F)c2)c2nnn(C)n2)c1)C(=O)OC(C)(C)C. The molecule has 270 valence electrons. The van der Waals surface area contributed by atoms with E-state index in [9.17, 15) is 44.3 Å². The number of tetrazole rings is 1. The molecule has 1 aromatic heterocycles. The van der Waals surface area contributed by atoms with Crippen LogP contribution in [-0.4, -0.2) is 43.8 Å². The first-order chi connectivity index (χ1) is 22.9. The van der Waals surface area contributed by atoms with Crippen molar-refractivity contribution >= 4 is 23.6 Å². The molecule has 0 radical (unpaired) electrons. The Hall–Kier alpha value is -4.54. The van der Waals surface area contributed by atoms with E-state index >= 15 is 0 Å². The molecule has 50 heavy (non-hydrogen) atoms. The van der Waals surface area contributed by atoms with Crippen LogP contribution in [0.4, 0.5) is 50.3 Å². The van der Waals surface area contributed by atoms with Crippen LogP contribution >= 0.6 is 11.6 Å². The number of hydrogen-bond acceptors (Lipinski definition) is 6. The van der Waals surface area contributed by atoms with Gasteiger partial charge in [-0.3, -0.25) is 0 Å². The second kappa shape index (κ2) is 14.0. The van der Waals surface area contributed by atoms with Crippen molar-refractivity contribution in [2.75, 3.05) is 11.9 Å². The van der Waals surface area contributed by atoms with Gasteiger partial charge in [-0.15, -0.1) is 5.10 Å². The summed E-state index contributed by atoms with van der Waals surface area (Å²) in [6.07, 6.45) is -15.7. The number of rotatable bonds is 8. The highest BCUT2D eigenvalue weighted by Crippen LogP contribution is 2.39. The van der Waals surface area contributed by atoms with Gasteiger partial charge in [0, 0.05) is 37.3 Å². The first-order valence-corrected chi connectivity index (χ1v) is 15.0. The monoisotopic (exact) mass is 736 g/mol. The molecule has 4 aromatic rings. The van der Waals surface area contributed by atoms with Crippen LogP contribution in [0.2, 0.25) is 5.02 Å². The molecule has 0 saturated heterocycles. The third kappa shape index (κ3) is 9.79. The van der Waals surface area contributed by atoms with Crippen molar-refractivity contribution in [2.24, 2.45) is 7.05 Å². The van der Waals surface area contributed by atoms with Crippen molar-refractivity contribution in [2.45, 2.75) is 64.5 Å². The highest BCUT2D eigenvalue weighted by atomic mass is 35.5. The third-order valence-electron chi connectivity index (χ3n) is 7.04. The molecule has 0 spiro atoms. The maximum Gasteiger partial charge on any atom is 0.416 e. The van der Waals surface area contributed by atoms with E-state index in [0.717, 1.165) is 27.9 Å². The van der Waals surface area contributed by atoms with Crippen LogP contribution in [0.5, 0.6) is 0 Å². The number of aryl methyl sites for hydroxylation is 1. The van der Waals surface area contributed by atoms with Gasteiger partial charge in [0.15, 0.2) is 0 Å². The number of anilines is 1. The zero-order chi connectivity index (χ0) is 37.4. The van der Waals surface area contributed by atoms with Crippen molar-refractivity contribution in [1.82, 2.24) is 25.1 Å². The Bertz CT molecular complexity index is 1820. The molecular formula is C32H30ClF9N6O2. The standard InChI is InChI=1S/C32H30ClF9N6O2/c1-29(2,3)50-28(49)46(4)15-18-6-9-26(33)25(12-18)24-8-7-21(30(34,35)36)13-20(24)17-48(27-43-45-47(5)44-27)16-19-10-22(31(37,38)39)14-23(11-19)32(40,41)42/h6-14H,15-17H2,1-5H3. The molecule has 3 aromatic carbocycles. The molecule has 0 fully saturated rings. The molecule has 0 aliphatic carbocycles. The largest absolute Gasteiger partial charge is 0.444 e. The predicted molar refractivity (Wildman–Crippen MR) is 165 cm³/mol. The van der Waals surface area contributed by atoms with Crippen molar-refractivity contribution in [3.8, 4) is 11.1 Å². The van der Waals surface area contributed by atoms with Gasteiger partial charge >= 0.3 is 24.6 Å². The number of alkyl halides is 9. The fraction of sp³-hybridized carbons (Fsp3) is 0.375. The van der Waals surface area contributed by atoms with E-state index in [2.05, 4.69) is 15.4 Å². The first-order valence-electron chi connectivity index (χ1n) is 14.6. The average molecular weight is 737 g/mol. The fourth-order valence-corrected chi connectivity index (χ4v) is 5.07. The van der Waals surface area contributed by atoms with Gasteiger partial charge in [0.2, 0.25) is 0 Å². The van der Waals surface area contributed by atoms with Gasteiger partial charge in [0.25, 0.3) is 5.95 Å². The molecule has 1 heterocycles. The molecule has 1 amide bonds. The number of aromatic nitrogens is 4. The Kier molecular flexibility index (Phi) is 10.7. The Balaban J connectivity index is 1.82. The normalized spacial score (nSPS) is 12.6. The summed E-state index contributed by atoms with van der Waals surface area (Å²) in [4.78, 5) is 15.9. The Morgan fingerprint density at radius 1 is 0.760 bits per heavy atom. The number of hydrogen-bond donors (Lipinski definition) is 0. The van der Waals surface area contributed by atoms with Gasteiger partial charge in [-0.2, -0.15) is 44.3 Å². The molecule has 0 atom stereocenters. The number of carbonyl (C=O) groups excluding carboxylic acids is 1. The van der Waals surface area contributed by atoms with Gasteiger partial charge in [-0.25, -0.2) is 4.79 Å². The van der Waals surface area contributed by atoms with Gasteiger partial charge in [-0.05, 0) is 90.7 Å². The van der Waals surface area contributed by atoms with E-state index in [4.69, 9.17) is 16.3 Å². The maximum absolute atomic E-state index is 14.0. The van der Waals surface area contributed by atoms with Crippen molar-refractivity contribution in [1.29, 1.82) is 0 Å². The molecule has 4 rings (SSSR count). The van der Waals surface area contributed by atoms with E-state index in [1.54, 1.807) is 32.9 Å². The molecule has 18 heteroatoms. The number of halogens is 10. The van der Waals surface area contributed by atoms with Crippen molar-refractivity contribution in [3.05, 3.63) is 93.0 Å². The molecule has 8 nitrogen and oxygen atoms in total. The zero-order valence-corrected chi connectivity index (χ0v) is 27.9. The molecule has 0 aliphatic heterocycles. The predicted octanol–water partition coefficient (Wildman–Crippen LogP) is 9.16.